The number of hydrogen-bond donors (Lipinski definition) is 1. The van der Waals surface area contributed by atoms with Gasteiger partial charge in [0, 0.05) is 6.42 Å². The van der Waals surface area contributed by atoms with E-state index in [2.05, 4.69) is 26.0 Å². The van der Waals surface area contributed by atoms with Crippen molar-refractivity contribution < 1.29 is 5.73 Å². The Hall–Kier alpha value is -0.0400. The smallest absolute Gasteiger partial charge is 0.0817 e. The van der Waals surface area contributed by atoms with Gasteiger partial charge in [-0.3, -0.25) is 0 Å². The fourth-order valence-corrected chi connectivity index (χ4v) is 0.402. The second kappa shape index (κ2) is 3.16. The molecule has 3 N–H and O–H groups in total. The van der Waals surface area contributed by atoms with Crippen LogP contribution in [0.1, 0.15) is 20.3 Å². The van der Waals surface area contributed by atoms with Crippen LogP contribution >= 0.6 is 0 Å². The van der Waals surface area contributed by atoms with Crippen molar-refractivity contribution in [2.75, 3.05) is 0 Å². The monoisotopic (exact) mass is 87.1 g/mol. The minimum absolute atomic E-state index is 0.593. The molecule has 37 valence electrons. The zero-order chi connectivity index (χ0) is 4.99. The van der Waals surface area contributed by atoms with Gasteiger partial charge >= 0.3 is 0 Å². The minimum atomic E-state index is 0.593. The Labute approximate surface area is 39.5 Å². The van der Waals surface area contributed by atoms with Crippen LogP contribution in [-0.2, 0) is 0 Å². The molecule has 0 saturated carbocycles. The summed E-state index contributed by atoms with van der Waals surface area (Å²) >= 11 is 0. The van der Waals surface area contributed by atoms with Crippen molar-refractivity contribution in [1.82, 2.24) is 0 Å². The Morgan fingerprint density at radius 1 is 1.83 bits per heavy atom. The van der Waals surface area contributed by atoms with Crippen LogP contribution < -0.4 is 5.73 Å². The Balaban J connectivity index is 2.63. The second-order valence-corrected chi connectivity index (χ2v) is 1.75. The first-order chi connectivity index (χ1) is 2.77. The van der Waals surface area contributed by atoms with Crippen molar-refractivity contribution in [3.63, 3.8) is 0 Å². The van der Waals surface area contributed by atoms with E-state index in [0.717, 1.165) is 6.42 Å². The lowest BCUT2D eigenvalue weighted by atomic mass is 10.2. The fourth-order valence-electron chi connectivity index (χ4n) is 0.402. The van der Waals surface area contributed by atoms with Crippen LogP contribution in [0.4, 0.5) is 0 Å². The molecular weight excluding hydrogens is 74.1 g/mol. The zero-order valence-electron chi connectivity index (χ0n) is 4.57. The van der Waals surface area contributed by atoms with E-state index in [1.165, 1.54) is 0 Å². The summed E-state index contributed by atoms with van der Waals surface area (Å²) in [4.78, 5) is 0. The third kappa shape index (κ3) is 3.96. The molecule has 1 nitrogen and oxygen atoms in total. The van der Waals surface area contributed by atoms with Gasteiger partial charge in [-0.05, 0) is 13.3 Å². The third-order valence-corrected chi connectivity index (χ3v) is 0.638. The maximum absolute atomic E-state index is 3.80. The molecule has 0 aromatic rings. The molecule has 6 heavy (non-hydrogen) atoms. The predicted molar refractivity (Wildman–Crippen MR) is 26.9 cm³/mol. The molecule has 0 amide bonds. The summed E-state index contributed by atoms with van der Waals surface area (Å²) in [6.07, 6.45) is 3.28. The van der Waals surface area contributed by atoms with Gasteiger partial charge in [0.25, 0.3) is 0 Å². The molecule has 0 aliphatic carbocycles. The van der Waals surface area contributed by atoms with Crippen molar-refractivity contribution >= 4 is 0 Å². The van der Waals surface area contributed by atoms with Gasteiger partial charge in [-0.25, -0.2) is 0 Å². The highest BCUT2D eigenvalue weighted by Gasteiger charge is 1.90. The average Bonchev–Trinajstić information content (AvgIpc) is 1.35. The molecule has 0 aromatic carbocycles. The summed E-state index contributed by atoms with van der Waals surface area (Å²) in [5.74, 6) is 0. The molecule has 0 aliphatic heterocycles. The lowest BCUT2D eigenvalue weighted by Gasteiger charge is -1.92. The van der Waals surface area contributed by atoms with Gasteiger partial charge in [-0.1, -0.05) is 6.92 Å². The summed E-state index contributed by atoms with van der Waals surface area (Å²) < 4.78 is 0. The lowest BCUT2D eigenvalue weighted by Crippen LogP contribution is -2.58. The van der Waals surface area contributed by atoms with E-state index in [0.29, 0.717) is 6.04 Å². The quantitative estimate of drug-likeness (QED) is 0.499. The van der Waals surface area contributed by atoms with E-state index in [-0.39, 0.29) is 0 Å². The van der Waals surface area contributed by atoms with Crippen LogP contribution in [0.5, 0.6) is 0 Å². The number of hydrogen-bond acceptors (Lipinski definition) is 0. The molecule has 1 unspecified atom stereocenters. The lowest BCUT2D eigenvalue weighted by molar-refractivity contribution is -0.413. The van der Waals surface area contributed by atoms with Crippen molar-refractivity contribution in [3.05, 3.63) is 6.42 Å². The SMILES string of the molecule is C[CH]CC(C)[NH3+]. The standard InChI is InChI=1S/C5H12N/c1-3-4-5(2)6/h3,5H,4,6H2,1-2H3/p+1. The molecule has 0 rings (SSSR count). The molecule has 1 heteroatoms. The van der Waals surface area contributed by atoms with Crippen LogP contribution in [0, 0.1) is 6.42 Å². The van der Waals surface area contributed by atoms with Gasteiger partial charge in [-0.15, -0.1) is 0 Å². The Morgan fingerprint density at radius 2 is 2.33 bits per heavy atom. The summed E-state index contributed by atoms with van der Waals surface area (Å²) in [6, 6.07) is 0.593. The van der Waals surface area contributed by atoms with E-state index in [1.54, 1.807) is 0 Å². The van der Waals surface area contributed by atoms with Crippen molar-refractivity contribution in [3.8, 4) is 0 Å². The summed E-state index contributed by atoms with van der Waals surface area (Å²) in [7, 11) is 0. The van der Waals surface area contributed by atoms with Gasteiger partial charge in [0.2, 0.25) is 0 Å². The number of quaternary nitrogens is 1. The molecule has 0 aromatic heterocycles. The molecule has 0 fully saturated rings. The number of rotatable bonds is 2. The molecule has 1 atom stereocenters. The molecule has 0 heterocycles. The minimum Gasteiger partial charge on any atom is -0.355 e. The Kier molecular flexibility index (Phi) is 3.14. The second-order valence-electron chi connectivity index (χ2n) is 1.75. The van der Waals surface area contributed by atoms with Crippen molar-refractivity contribution in [2.45, 2.75) is 26.3 Å². The zero-order valence-corrected chi connectivity index (χ0v) is 4.57. The van der Waals surface area contributed by atoms with E-state index in [4.69, 9.17) is 0 Å². The van der Waals surface area contributed by atoms with Gasteiger partial charge < -0.3 is 5.73 Å². The highest BCUT2D eigenvalue weighted by Crippen LogP contribution is 1.84. The Morgan fingerprint density at radius 3 is 2.33 bits per heavy atom. The molecule has 0 saturated heterocycles. The average molecular weight is 87.2 g/mol. The van der Waals surface area contributed by atoms with E-state index < -0.39 is 0 Å². The summed E-state index contributed by atoms with van der Waals surface area (Å²) in [5, 5.41) is 0. The van der Waals surface area contributed by atoms with Crippen molar-refractivity contribution in [1.29, 1.82) is 0 Å². The normalized spacial score (nSPS) is 14.5. The first kappa shape index (κ1) is 5.96. The van der Waals surface area contributed by atoms with Crippen LogP contribution in [-0.4, -0.2) is 6.04 Å². The molecule has 0 bridgehead atoms. The predicted octanol–water partition coefficient (Wildman–Crippen LogP) is 0.231. The largest absolute Gasteiger partial charge is 0.355 e. The van der Waals surface area contributed by atoms with Gasteiger partial charge in [0.1, 0.15) is 0 Å². The highest BCUT2D eigenvalue weighted by atomic mass is 14.6. The van der Waals surface area contributed by atoms with E-state index in [9.17, 15) is 0 Å². The van der Waals surface area contributed by atoms with Crippen LogP contribution in [0.3, 0.4) is 0 Å². The molecule has 1 radical (unpaired) electrons. The van der Waals surface area contributed by atoms with Crippen LogP contribution in [0.15, 0.2) is 0 Å². The maximum atomic E-state index is 3.80. The molecule has 0 spiro atoms. The fraction of sp³-hybridized carbons (Fsp3) is 0.800. The molecule has 0 aliphatic rings. The maximum Gasteiger partial charge on any atom is 0.0817 e. The highest BCUT2D eigenvalue weighted by molar-refractivity contribution is 4.57. The van der Waals surface area contributed by atoms with Crippen LogP contribution in [0.25, 0.3) is 0 Å². The summed E-state index contributed by atoms with van der Waals surface area (Å²) in [5.41, 5.74) is 3.80. The van der Waals surface area contributed by atoms with Gasteiger partial charge in [0.05, 0.1) is 6.04 Å². The van der Waals surface area contributed by atoms with E-state index >= 15 is 0 Å². The topological polar surface area (TPSA) is 27.6 Å². The van der Waals surface area contributed by atoms with Crippen molar-refractivity contribution in [2.24, 2.45) is 0 Å². The molecular formula is C5H13N+. The third-order valence-electron chi connectivity index (χ3n) is 0.638. The Bertz CT molecular complexity index is 25.1. The van der Waals surface area contributed by atoms with Gasteiger partial charge in [-0.2, -0.15) is 0 Å². The van der Waals surface area contributed by atoms with E-state index in [1.807, 2.05) is 0 Å². The van der Waals surface area contributed by atoms with Gasteiger partial charge in [0.15, 0.2) is 0 Å². The van der Waals surface area contributed by atoms with Crippen LogP contribution in [0.2, 0.25) is 0 Å². The first-order valence-corrected chi connectivity index (χ1v) is 2.38. The first-order valence-electron chi connectivity index (χ1n) is 2.38. The summed E-state index contributed by atoms with van der Waals surface area (Å²) in [6.45, 7) is 4.17.